The first-order valence-electron chi connectivity index (χ1n) is 6.81. The molecule has 0 spiro atoms. The van der Waals surface area contributed by atoms with E-state index in [0.29, 0.717) is 11.0 Å². The summed E-state index contributed by atoms with van der Waals surface area (Å²) in [6, 6.07) is 6.59. The smallest absolute Gasteiger partial charge is 0.106 e. The van der Waals surface area contributed by atoms with Crippen molar-refractivity contribution in [3.8, 4) is 0 Å². The largest absolute Gasteiger partial charge is 0.389 e. The standard InChI is InChI=1S/C15H21BrN2S/c1-9-5-10(2)7-12(6-9)18-14-4-3-11(16)8-13(14)15(17)19/h3-4,8-10,12,18H,5-7H2,1-2H3,(H2,17,19). The van der Waals surface area contributed by atoms with E-state index in [1.807, 2.05) is 12.1 Å². The summed E-state index contributed by atoms with van der Waals surface area (Å²) in [6.07, 6.45) is 3.77. The molecule has 4 heteroatoms. The molecular formula is C15H21BrN2S. The van der Waals surface area contributed by atoms with Crippen molar-refractivity contribution in [2.75, 3.05) is 5.32 Å². The van der Waals surface area contributed by atoms with Crippen molar-refractivity contribution in [1.29, 1.82) is 0 Å². The van der Waals surface area contributed by atoms with Gasteiger partial charge in [-0.25, -0.2) is 0 Å². The molecule has 1 aliphatic carbocycles. The first-order valence-corrected chi connectivity index (χ1v) is 8.01. The highest BCUT2D eigenvalue weighted by molar-refractivity contribution is 9.10. The number of hydrogen-bond acceptors (Lipinski definition) is 2. The molecule has 2 atom stereocenters. The Labute approximate surface area is 129 Å². The summed E-state index contributed by atoms with van der Waals surface area (Å²) in [5, 5.41) is 3.63. The Hall–Kier alpha value is -0.610. The topological polar surface area (TPSA) is 38.0 Å². The van der Waals surface area contributed by atoms with Crippen LogP contribution in [0.15, 0.2) is 22.7 Å². The zero-order valence-electron chi connectivity index (χ0n) is 11.4. The summed E-state index contributed by atoms with van der Waals surface area (Å²) < 4.78 is 1.01. The molecule has 0 amide bonds. The normalized spacial score (nSPS) is 27.0. The molecule has 104 valence electrons. The Bertz CT molecular complexity index is 465. The van der Waals surface area contributed by atoms with Crippen molar-refractivity contribution >= 4 is 38.8 Å². The zero-order valence-corrected chi connectivity index (χ0v) is 13.9. The highest BCUT2D eigenvalue weighted by Gasteiger charge is 2.24. The van der Waals surface area contributed by atoms with E-state index < -0.39 is 0 Å². The molecule has 0 radical (unpaired) electrons. The van der Waals surface area contributed by atoms with Gasteiger partial charge in [-0.15, -0.1) is 0 Å². The fourth-order valence-electron chi connectivity index (χ4n) is 3.13. The number of anilines is 1. The van der Waals surface area contributed by atoms with Crippen molar-refractivity contribution in [3.05, 3.63) is 28.2 Å². The van der Waals surface area contributed by atoms with Crippen LogP contribution in [0.3, 0.4) is 0 Å². The average Bonchev–Trinajstić information content (AvgIpc) is 2.30. The predicted molar refractivity (Wildman–Crippen MR) is 89.6 cm³/mol. The minimum Gasteiger partial charge on any atom is -0.389 e. The SMILES string of the molecule is CC1CC(C)CC(Nc2ccc(Br)cc2C(N)=S)C1. The van der Waals surface area contributed by atoms with Crippen LogP contribution in [0.5, 0.6) is 0 Å². The molecule has 0 saturated heterocycles. The Morgan fingerprint density at radius 1 is 1.26 bits per heavy atom. The van der Waals surface area contributed by atoms with Crippen molar-refractivity contribution in [1.82, 2.24) is 0 Å². The van der Waals surface area contributed by atoms with Crippen LogP contribution < -0.4 is 11.1 Å². The van der Waals surface area contributed by atoms with Crippen LogP contribution in [0.25, 0.3) is 0 Å². The lowest BCUT2D eigenvalue weighted by Crippen LogP contribution is -2.31. The van der Waals surface area contributed by atoms with Gasteiger partial charge in [-0.3, -0.25) is 0 Å². The van der Waals surface area contributed by atoms with Crippen molar-refractivity contribution in [2.24, 2.45) is 17.6 Å². The van der Waals surface area contributed by atoms with Crippen molar-refractivity contribution in [2.45, 2.75) is 39.2 Å². The first kappa shape index (κ1) is 14.8. The Morgan fingerprint density at radius 3 is 2.47 bits per heavy atom. The maximum Gasteiger partial charge on any atom is 0.106 e. The number of nitrogens with one attached hydrogen (secondary N) is 1. The van der Waals surface area contributed by atoms with Crippen LogP contribution in [0.4, 0.5) is 5.69 Å². The zero-order chi connectivity index (χ0) is 14.0. The summed E-state index contributed by atoms with van der Waals surface area (Å²) >= 11 is 8.61. The first-order chi connectivity index (χ1) is 8.95. The van der Waals surface area contributed by atoms with Gasteiger partial charge in [0.15, 0.2) is 0 Å². The van der Waals surface area contributed by atoms with E-state index >= 15 is 0 Å². The summed E-state index contributed by atoms with van der Waals surface area (Å²) in [7, 11) is 0. The molecule has 2 nitrogen and oxygen atoms in total. The summed E-state index contributed by atoms with van der Waals surface area (Å²) in [4.78, 5) is 0.445. The highest BCUT2D eigenvalue weighted by atomic mass is 79.9. The fourth-order valence-corrected chi connectivity index (χ4v) is 3.66. The van der Waals surface area contributed by atoms with E-state index in [1.54, 1.807) is 0 Å². The Kier molecular flexibility index (Phi) is 4.85. The molecule has 2 rings (SSSR count). The van der Waals surface area contributed by atoms with E-state index in [4.69, 9.17) is 18.0 Å². The Balaban J connectivity index is 2.16. The average molecular weight is 341 g/mol. The number of hydrogen-bond donors (Lipinski definition) is 2. The van der Waals surface area contributed by atoms with E-state index in [0.717, 1.165) is 27.6 Å². The predicted octanol–water partition coefficient (Wildman–Crippen LogP) is 4.32. The van der Waals surface area contributed by atoms with Crippen LogP contribution in [0.1, 0.15) is 38.7 Å². The maximum atomic E-state index is 5.81. The molecule has 1 aromatic carbocycles. The van der Waals surface area contributed by atoms with Crippen LogP contribution in [-0.4, -0.2) is 11.0 Å². The lowest BCUT2D eigenvalue weighted by atomic mass is 9.80. The lowest BCUT2D eigenvalue weighted by Gasteiger charge is -2.33. The number of nitrogens with two attached hydrogens (primary N) is 1. The molecule has 0 bridgehead atoms. The molecule has 1 fully saturated rings. The van der Waals surface area contributed by atoms with Gasteiger partial charge in [0.2, 0.25) is 0 Å². The molecule has 1 aliphatic rings. The van der Waals surface area contributed by atoms with Gasteiger partial charge in [0.1, 0.15) is 4.99 Å². The number of benzene rings is 1. The van der Waals surface area contributed by atoms with E-state index in [-0.39, 0.29) is 0 Å². The van der Waals surface area contributed by atoms with Crippen LogP contribution in [0, 0.1) is 11.8 Å². The van der Waals surface area contributed by atoms with Crippen molar-refractivity contribution in [3.63, 3.8) is 0 Å². The second kappa shape index (κ2) is 6.23. The molecular weight excluding hydrogens is 320 g/mol. The van der Waals surface area contributed by atoms with E-state index in [9.17, 15) is 0 Å². The third kappa shape index (κ3) is 3.93. The van der Waals surface area contributed by atoms with Crippen LogP contribution >= 0.6 is 28.1 Å². The van der Waals surface area contributed by atoms with E-state index in [1.165, 1.54) is 19.3 Å². The lowest BCUT2D eigenvalue weighted by molar-refractivity contribution is 0.281. The Morgan fingerprint density at radius 2 is 1.89 bits per heavy atom. The van der Waals surface area contributed by atoms with Gasteiger partial charge in [-0.05, 0) is 49.3 Å². The third-order valence-corrected chi connectivity index (χ3v) is 4.50. The summed E-state index contributed by atoms with van der Waals surface area (Å²) in [5.74, 6) is 1.56. The van der Waals surface area contributed by atoms with Crippen LogP contribution in [-0.2, 0) is 0 Å². The minimum atomic E-state index is 0.445. The van der Waals surface area contributed by atoms with Gasteiger partial charge in [-0.2, -0.15) is 0 Å². The van der Waals surface area contributed by atoms with Gasteiger partial charge in [0.25, 0.3) is 0 Å². The monoisotopic (exact) mass is 340 g/mol. The van der Waals surface area contributed by atoms with Crippen LogP contribution in [0.2, 0.25) is 0 Å². The molecule has 19 heavy (non-hydrogen) atoms. The molecule has 0 aromatic heterocycles. The molecule has 1 aromatic rings. The summed E-state index contributed by atoms with van der Waals surface area (Å²) in [6.45, 7) is 4.67. The minimum absolute atomic E-state index is 0.445. The molecule has 2 unspecified atom stereocenters. The molecule has 1 saturated carbocycles. The second-order valence-corrected chi connectivity index (χ2v) is 7.17. The maximum absolute atomic E-state index is 5.81. The van der Waals surface area contributed by atoms with Gasteiger partial charge in [-0.1, -0.05) is 42.0 Å². The number of rotatable bonds is 3. The van der Waals surface area contributed by atoms with Crippen molar-refractivity contribution < 1.29 is 0 Å². The van der Waals surface area contributed by atoms with Gasteiger partial charge < -0.3 is 11.1 Å². The molecule has 0 heterocycles. The second-order valence-electron chi connectivity index (χ2n) is 5.81. The van der Waals surface area contributed by atoms with E-state index in [2.05, 4.69) is 41.2 Å². The number of thiocarbonyl (C=S) groups is 1. The van der Waals surface area contributed by atoms with Gasteiger partial charge >= 0.3 is 0 Å². The fraction of sp³-hybridized carbons (Fsp3) is 0.533. The molecule has 3 N–H and O–H groups in total. The van der Waals surface area contributed by atoms with Gasteiger partial charge in [0, 0.05) is 21.8 Å². The third-order valence-electron chi connectivity index (χ3n) is 3.79. The molecule has 0 aliphatic heterocycles. The quantitative estimate of drug-likeness (QED) is 0.804. The van der Waals surface area contributed by atoms with Gasteiger partial charge in [0.05, 0.1) is 0 Å². The highest BCUT2D eigenvalue weighted by Crippen LogP contribution is 2.31. The number of halogens is 1. The summed E-state index contributed by atoms with van der Waals surface area (Å²) in [5.41, 5.74) is 7.80.